The van der Waals surface area contributed by atoms with Crippen molar-refractivity contribution < 1.29 is 9.53 Å². The van der Waals surface area contributed by atoms with Gasteiger partial charge in [-0.05, 0) is 31.2 Å². The minimum absolute atomic E-state index is 0. The van der Waals surface area contributed by atoms with E-state index in [1.54, 1.807) is 37.3 Å². The average molecular weight is 293 g/mol. The van der Waals surface area contributed by atoms with E-state index in [1.807, 2.05) is 0 Å². The smallest absolute Gasteiger partial charge is 0.226 e. The maximum absolute atomic E-state index is 11.8. The summed E-state index contributed by atoms with van der Waals surface area (Å²) in [5.41, 5.74) is 6.12. The molecule has 0 aliphatic rings. The molecule has 102 valence electrons. The molecule has 6 heteroatoms. The number of hydrogen-bond donors (Lipinski definition) is 1. The molecule has 0 fully saturated rings. The molecule has 0 bridgehead atoms. The van der Waals surface area contributed by atoms with E-state index < -0.39 is 0 Å². The Morgan fingerprint density at radius 2 is 2.17 bits per heavy atom. The first-order chi connectivity index (χ1) is 8.10. The zero-order valence-electron chi connectivity index (χ0n) is 10.5. The van der Waals surface area contributed by atoms with Crippen LogP contribution in [0.15, 0.2) is 18.2 Å². The van der Waals surface area contributed by atoms with Gasteiger partial charge in [-0.1, -0.05) is 11.6 Å². The van der Waals surface area contributed by atoms with Crippen molar-refractivity contribution >= 4 is 35.6 Å². The van der Waals surface area contributed by atoms with Gasteiger partial charge in [0.15, 0.2) is 0 Å². The van der Waals surface area contributed by atoms with Crippen molar-refractivity contribution in [1.82, 2.24) is 0 Å². The third kappa shape index (κ3) is 4.37. The second-order valence-electron chi connectivity index (χ2n) is 3.66. The molecule has 0 saturated heterocycles. The molecule has 0 aliphatic carbocycles. The third-order valence-corrected chi connectivity index (χ3v) is 2.79. The fourth-order valence-corrected chi connectivity index (χ4v) is 1.68. The quantitative estimate of drug-likeness (QED) is 0.907. The third-order valence-electron chi connectivity index (χ3n) is 2.49. The number of methoxy groups -OCH3 is 1. The summed E-state index contributed by atoms with van der Waals surface area (Å²) < 4.78 is 5.05. The molecule has 1 aromatic rings. The number of nitrogens with two attached hydrogens (primary N) is 1. The van der Waals surface area contributed by atoms with E-state index in [4.69, 9.17) is 22.1 Å². The van der Waals surface area contributed by atoms with Crippen molar-refractivity contribution in [2.45, 2.75) is 12.8 Å². The Balaban J connectivity index is 0.00000289. The first-order valence-corrected chi connectivity index (χ1v) is 5.78. The lowest BCUT2D eigenvalue weighted by Gasteiger charge is -2.18. The number of halogens is 2. The molecule has 0 radical (unpaired) electrons. The average Bonchev–Trinajstić information content (AvgIpc) is 2.34. The Hall–Kier alpha value is -0.970. The summed E-state index contributed by atoms with van der Waals surface area (Å²) in [7, 11) is 3.27. The predicted molar refractivity (Wildman–Crippen MR) is 77.0 cm³/mol. The number of carbonyl (C=O) groups excluding carboxylic acids is 1. The van der Waals surface area contributed by atoms with Crippen LogP contribution in [0.3, 0.4) is 0 Å². The highest BCUT2D eigenvalue weighted by Crippen LogP contribution is 2.28. The van der Waals surface area contributed by atoms with Crippen LogP contribution < -0.4 is 15.4 Å². The number of anilines is 1. The minimum Gasteiger partial charge on any atom is -0.495 e. The number of amides is 1. The van der Waals surface area contributed by atoms with E-state index in [2.05, 4.69) is 0 Å². The van der Waals surface area contributed by atoms with Crippen molar-refractivity contribution in [3.8, 4) is 5.75 Å². The molecular weight excluding hydrogens is 275 g/mol. The summed E-state index contributed by atoms with van der Waals surface area (Å²) in [6.45, 7) is 0.517. The molecule has 1 aromatic carbocycles. The highest BCUT2D eigenvalue weighted by molar-refractivity contribution is 6.32. The number of rotatable bonds is 5. The van der Waals surface area contributed by atoms with Gasteiger partial charge in [-0.2, -0.15) is 0 Å². The minimum atomic E-state index is 0. The first kappa shape index (κ1) is 17.0. The van der Waals surface area contributed by atoms with Gasteiger partial charge >= 0.3 is 0 Å². The lowest BCUT2D eigenvalue weighted by Crippen LogP contribution is -2.26. The highest BCUT2D eigenvalue weighted by atomic mass is 35.5. The largest absolute Gasteiger partial charge is 0.495 e. The molecule has 0 unspecified atom stereocenters. The summed E-state index contributed by atoms with van der Waals surface area (Å²) in [5, 5.41) is 0.489. The Bertz CT molecular complexity index is 400. The van der Waals surface area contributed by atoms with Crippen LogP contribution in [0.5, 0.6) is 5.75 Å². The second-order valence-corrected chi connectivity index (χ2v) is 4.07. The molecule has 0 aliphatic heterocycles. The molecule has 0 saturated carbocycles. The van der Waals surface area contributed by atoms with E-state index in [-0.39, 0.29) is 18.3 Å². The number of nitrogens with zero attached hydrogens (tertiary/aromatic N) is 1. The molecule has 1 rings (SSSR count). The number of benzene rings is 1. The van der Waals surface area contributed by atoms with Crippen molar-refractivity contribution in [2.75, 3.05) is 25.6 Å². The van der Waals surface area contributed by atoms with Gasteiger partial charge in [0, 0.05) is 19.2 Å². The molecule has 1 amide bonds. The molecule has 0 heterocycles. The SMILES string of the molecule is COc1ccc(N(C)C(=O)CCCN)cc1Cl.Cl. The van der Waals surface area contributed by atoms with E-state index in [1.165, 1.54) is 0 Å². The molecule has 2 N–H and O–H groups in total. The van der Waals surface area contributed by atoms with E-state index in [0.29, 0.717) is 30.2 Å². The number of ether oxygens (including phenoxy) is 1. The molecule has 0 spiro atoms. The van der Waals surface area contributed by atoms with Crippen LogP contribution in [-0.2, 0) is 4.79 Å². The van der Waals surface area contributed by atoms with E-state index >= 15 is 0 Å². The van der Waals surface area contributed by atoms with Gasteiger partial charge in [0.2, 0.25) is 5.91 Å². The van der Waals surface area contributed by atoms with Crippen molar-refractivity contribution in [1.29, 1.82) is 0 Å². The van der Waals surface area contributed by atoms with Crippen LogP contribution in [0, 0.1) is 0 Å². The van der Waals surface area contributed by atoms with Gasteiger partial charge < -0.3 is 15.4 Å². The number of hydrogen-bond acceptors (Lipinski definition) is 3. The zero-order valence-corrected chi connectivity index (χ0v) is 12.1. The summed E-state index contributed by atoms with van der Waals surface area (Å²) in [6.07, 6.45) is 1.13. The summed E-state index contributed by atoms with van der Waals surface area (Å²) in [4.78, 5) is 13.3. The lowest BCUT2D eigenvalue weighted by atomic mass is 10.2. The highest BCUT2D eigenvalue weighted by Gasteiger charge is 2.11. The van der Waals surface area contributed by atoms with Crippen LogP contribution in [0.2, 0.25) is 5.02 Å². The van der Waals surface area contributed by atoms with Crippen molar-refractivity contribution in [3.63, 3.8) is 0 Å². The fourth-order valence-electron chi connectivity index (χ4n) is 1.43. The van der Waals surface area contributed by atoms with Crippen LogP contribution in [0.4, 0.5) is 5.69 Å². The Labute approximate surface area is 118 Å². The lowest BCUT2D eigenvalue weighted by molar-refractivity contribution is -0.118. The summed E-state index contributed by atoms with van der Waals surface area (Å²) >= 11 is 6.00. The van der Waals surface area contributed by atoms with Crippen LogP contribution in [0.1, 0.15) is 12.8 Å². The van der Waals surface area contributed by atoms with Gasteiger partial charge in [-0.3, -0.25) is 4.79 Å². The first-order valence-electron chi connectivity index (χ1n) is 5.40. The summed E-state index contributed by atoms with van der Waals surface area (Å²) in [5.74, 6) is 0.620. The second kappa shape index (κ2) is 8.19. The van der Waals surface area contributed by atoms with Gasteiger partial charge in [0.05, 0.1) is 12.1 Å². The normalized spacial score (nSPS) is 9.56. The number of carbonyl (C=O) groups is 1. The van der Waals surface area contributed by atoms with Crippen molar-refractivity contribution in [2.24, 2.45) is 5.73 Å². The van der Waals surface area contributed by atoms with Crippen LogP contribution >= 0.6 is 24.0 Å². The van der Waals surface area contributed by atoms with Gasteiger partial charge in [-0.25, -0.2) is 0 Å². The monoisotopic (exact) mass is 292 g/mol. The molecule has 18 heavy (non-hydrogen) atoms. The molecule has 4 nitrogen and oxygen atoms in total. The van der Waals surface area contributed by atoms with Crippen molar-refractivity contribution in [3.05, 3.63) is 23.2 Å². The van der Waals surface area contributed by atoms with Crippen LogP contribution in [-0.4, -0.2) is 26.6 Å². The maximum Gasteiger partial charge on any atom is 0.226 e. The zero-order chi connectivity index (χ0) is 12.8. The Kier molecular flexibility index (Phi) is 7.75. The summed E-state index contributed by atoms with van der Waals surface area (Å²) in [6, 6.07) is 5.25. The van der Waals surface area contributed by atoms with Gasteiger partial charge in [0.25, 0.3) is 0 Å². The molecule has 0 aromatic heterocycles. The topological polar surface area (TPSA) is 55.6 Å². The Morgan fingerprint density at radius 3 is 2.67 bits per heavy atom. The predicted octanol–water partition coefficient (Wildman–Crippen LogP) is 2.47. The maximum atomic E-state index is 11.8. The molecule has 0 atom stereocenters. The fraction of sp³-hybridized carbons (Fsp3) is 0.417. The van der Waals surface area contributed by atoms with E-state index in [0.717, 1.165) is 5.69 Å². The van der Waals surface area contributed by atoms with E-state index in [9.17, 15) is 4.79 Å². The van der Waals surface area contributed by atoms with Gasteiger partial charge in [-0.15, -0.1) is 12.4 Å². The van der Waals surface area contributed by atoms with Gasteiger partial charge in [0.1, 0.15) is 5.75 Å². The molecular formula is C12H18Cl2N2O2. The Morgan fingerprint density at radius 1 is 1.50 bits per heavy atom. The van der Waals surface area contributed by atoms with Crippen LogP contribution in [0.25, 0.3) is 0 Å². The standard InChI is InChI=1S/C12H17ClN2O2.ClH/c1-15(12(16)4-3-7-14)9-5-6-11(17-2)10(13)8-9;/h5-6,8H,3-4,7,14H2,1-2H3;1H.